The lowest BCUT2D eigenvalue weighted by Crippen LogP contribution is -2.52. The smallest absolute Gasteiger partial charge is 0.326 e. The van der Waals surface area contributed by atoms with Gasteiger partial charge in [-0.2, -0.15) is 0 Å². The second-order valence-corrected chi connectivity index (χ2v) is 7.26. The number of carboxylic acid groups (broad SMARTS) is 1. The molecule has 0 aliphatic carbocycles. The lowest BCUT2D eigenvalue weighted by atomic mass is 9.90. The van der Waals surface area contributed by atoms with E-state index in [1.54, 1.807) is 11.9 Å². The predicted octanol–water partition coefficient (Wildman–Crippen LogP) is 1.66. The largest absolute Gasteiger partial charge is 0.480 e. The molecule has 0 bridgehead atoms. The number of piperidine rings is 1. The quantitative estimate of drug-likeness (QED) is 0.826. The van der Waals surface area contributed by atoms with Gasteiger partial charge in [0.05, 0.1) is 0 Å². The van der Waals surface area contributed by atoms with Gasteiger partial charge in [-0.15, -0.1) is 0 Å². The zero-order valence-corrected chi connectivity index (χ0v) is 15.0. The summed E-state index contributed by atoms with van der Waals surface area (Å²) in [5, 5.41) is 9.58. The minimum atomic E-state index is -1.01. The molecular formula is C17H19BrN2O4. The third kappa shape index (κ3) is 3.05. The number of carbonyl (C=O) groups excluding carboxylic acids is 2. The van der Waals surface area contributed by atoms with E-state index in [0.29, 0.717) is 13.0 Å². The molecule has 1 aromatic carbocycles. The van der Waals surface area contributed by atoms with Crippen LogP contribution in [0.1, 0.15) is 24.0 Å². The lowest BCUT2D eigenvalue weighted by molar-refractivity contribution is -0.155. The van der Waals surface area contributed by atoms with Gasteiger partial charge in [-0.05, 0) is 23.6 Å². The van der Waals surface area contributed by atoms with Crippen LogP contribution >= 0.6 is 15.9 Å². The fraction of sp³-hybridized carbons (Fsp3) is 0.471. The summed E-state index contributed by atoms with van der Waals surface area (Å²) < 4.78 is 0.868. The van der Waals surface area contributed by atoms with Crippen LogP contribution in [0.15, 0.2) is 22.7 Å². The fourth-order valence-electron chi connectivity index (χ4n) is 3.42. The highest BCUT2D eigenvalue weighted by molar-refractivity contribution is 9.10. The van der Waals surface area contributed by atoms with E-state index in [9.17, 15) is 19.5 Å². The molecule has 3 rings (SSSR count). The number of aliphatic carboxylic acids is 1. The van der Waals surface area contributed by atoms with Crippen LogP contribution in [0.3, 0.4) is 0 Å². The van der Waals surface area contributed by atoms with E-state index in [0.717, 1.165) is 15.6 Å². The molecule has 0 aromatic heterocycles. The zero-order chi connectivity index (χ0) is 17.4. The Kier molecular flexibility index (Phi) is 4.62. The third-order valence-corrected chi connectivity index (χ3v) is 5.65. The van der Waals surface area contributed by atoms with Gasteiger partial charge in [-0.3, -0.25) is 9.59 Å². The number of carbonyl (C=O) groups is 3. The summed E-state index contributed by atoms with van der Waals surface area (Å²) in [7, 11) is 1.72. The molecule has 2 atom stereocenters. The molecule has 2 aliphatic heterocycles. The molecule has 1 aromatic rings. The number of fused-ring (bicyclic) bond motifs is 1. The van der Waals surface area contributed by atoms with Crippen molar-refractivity contribution < 1.29 is 19.5 Å². The Labute approximate surface area is 148 Å². The molecule has 6 nitrogen and oxygen atoms in total. The van der Waals surface area contributed by atoms with Crippen LogP contribution in [0, 0.1) is 5.92 Å². The molecule has 0 spiro atoms. The van der Waals surface area contributed by atoms with E-state index in [1.807, 2.05) is 18.2 Å². The summed E-state index contributed by atoms with van der Waals surface area (Å²) in [6.07, 6.45) is 1.01. The van der Waals surface area contributed by atoms with Gasteiger partial charge in [0.2, 0.25) is 11.8 Å². The second kappa shape index (κ2) is 6.55. The third-order valence-electron chi connectivity index (χ3n) is 4.91. The monoisotopic (exact) mass is 394 g/mol. The van der Waals surface area contributed by atoms with Crippen molar-refractivity contribution in [2.75, 3.05) is 13.6 Å². The highest BCUT2D eigenvalue weighted by Gasteiger charge is 2.39. The van der Waals surface area contributed by atoms with Gasteiger partial charge < -0.3 is 14.9 Å². The maximum Gasteiger partial charge on any atom is 0.326 e. The molecule has 2 heterocycles. The van der Waals surface area contributed by atoms with Crippen LogP contribution in [0.25, 0.3) is 0 Å². The Hall–Kier alpha value is -1.89. The zero-order valence-electron chi connectivity index (χ0n) is 13.4. The number of nitrogens with zero attached hydrogens (tertiary/aromatic N) is 2. The topological polar surface area (TPSA) is 77.9 Å². The summed E-state index contributed by atoms with van der Waals surface area (Å²) in [5.74, 6) is -1.73. The fourth-order valence-corrected chi connectivity index (χ4v) is 3.99. The number of rotatable bonds is 2. The number of amides is 2. The second-order valence-electron chi connectivity index (χ2n) is 6.41. The van der Waals surface area contributed by atoms with Gasteiger partial charge in [0, 0.05) is 43.4 Å². The van der Waals surface area contributed by atoms with E-state index in [1.165, 1.54) is 4.90 Å². The highest BCUT2D eigenvalue weighted by atomic mass is 79.9. The van der Waals surface area contributed by atoms with Crippen molar-refractivity contribution >= 4 is 33.7 Å². The molecule has 1 saturated heterocycles. The first-order valence-electron chi connectivity index (χ1n) is 7.92. The van der Waals surface area contributed by atoms with Crippen LogP contribution in [-0.4, -0.2) is 52.3 Å². The first kappa shape index (κ1) is 17.0. The summed E-state index contributed by atoms with van der Waals surface area (Å²) in [6.45, 7) is 0.800. The first-order valence-corrected chi connectivity index (χ1v) is 8.71. The molecule has 2 amide bonds. The summed E-state index contributed by atoms with van der Waals surface area (Å²) in [4.78, 5) is 39.5. The molecule has 24 heavy (non-hydrogen) atoms. The Morgan fingerprint density at radius 2 is 2.04 bits per heavy atom. The van der Waals surface area contributed by atoms with Gasteiger partial charge in [0.25, 0.3) is 0 Å². The number of halogens is 1. The minimum Gasteiger partial charge on any atom is -0.480 e. The van der Waals surface area contributed by atoms with Crippen molar-refractivity contribution in [1.29, 1.82) is 0 Å². The summed E-state index contributed by atoms with van der Waals surface area (Å²) >= 11 is 3.46. The van der Waals surface area contributed by atoms with Crippen LogP contribution in [-0.2, 0) is 27.3 Å². The van der Waals surface area contributed by atoms with Gasteiger partial charge >= 0.3 is 5.97 Å². The van der Waals surface area contributed by atoms with Crippen molar-refractivity contribution in [3.8, 4) is 0 Å². The van der Waals surface area contributed by atoms with Crippen LogP contribution in [0.4, 0.5) is 0 Å². The van der Waals surface area contributed by atoms with Crippen LogP contribution < -0.4 is 0 Å². The number of hydrogen-bond donors (Lipinski definition) is 1. The molecule has 2 unspecified atom stereocenters. The van der Waals surface area contributed by atoms with Crippen LogP contribution in [0.2, 0.25) is 0 Å². The van der Waals surface area contributed by atoms with Gasteiger partial charge in [0.1, 0.15) is 6.04 Å². The van der Waals surface area contributed by atoms with Crippen molar-refractivity contribution in [2.45, 2.75) is 31.8 Å². The Morgan fingerprint density at radius 1 is 1.29 bits per heavy atom. The highest BCUT2D eigenvalue weighted by Crippen LogP contribution is 2.31. The van der Waals surface area contributed by atoms with Gasteiger partial charge in [-0.25, -0.2) is 4.79 Å². The maximum atomic E-state index is 12.9. The number of benzene rings is 1. The van der Waals surface area contributed by atoms with Crippen LogP contribution in [0.5, 0.6) is 0 Å². The molecule has 0 radical (unpaired) electrons. The molecule has 2 aliphatic rings. The molecule has 128 valence electrons. The molecule has 0 saturated carbocycles. The van der Waals surface area contributed by atoms with E-state index in [2.05, 4.69) is 15.9 Å². The van der Waals surface area contributed by atoms with Crippen molar-refractivity contribution in [3.05, 3.63) is 33.8 Å². The Balaban J connectivity index is 1.87. The minimum absolute atomic E-state index is 0.0633. The number of carboxylic acids is 1. The van der Waals surface area contributed by atoms with E-state index >= 15 is 0 Å². The standard InChI is InChI=1S/C17H19BrN2O4/c1-19-6-5-10(7-15(19)21)16(22)20-9-11-3-2-4-13(18)12(11)8-14(20)17(23)24/h2-4,10,14H,5-9H2,1H3,(H,23,24). The average Bonchev–Trinajstić information content (AvgIpc) is 2.56. The Morgan fingerprint density at radius 3 is 2.71 bits per heavy atom. The normalized spacial score (nSPS) is 23.8. The van der Waals surface area contributed by atoms with Gasteiger partial charge in [0.15, 0.2) is 0 Å². The van der Waals surface area contributed by atoms with E-state index < -0.39 is 17.9 Å². The Bertz CT molecular complexity index is 706. The van der Waals surface area contributed by atoms with Crippen molar-refractivity contribution in [3.63, 3.8) is 0 Å². The first-order chi connectivity index (χ1) is 11.4. The molecule has 1 N–H and O–H groups in total. The molecule has 7 heteroatoms. The molecular weight excluding hydrogens is 376 g/mol. The molecule has 1 fully saturated rings. The van der Waals surface area contributed by atoms with E-state index in [4.69, 9.17) is 0 Å². The lowest BCUT2D eigenvalue weighted by Gasteiger charge is -2.38. The summed E-state index contributed by atoms with van der Waals surface area (Å²) in [5.41, 5.74) is 1.89. The van der Waals surface area contributed by atoms with Crippen molar-refractivity contribution in [1.82, 2.24) is 9.80 Å². The van der Waals surface area contributed by atoms with Gasteiger partial charge in [-0.1, -0.05) is 28.1 Å². The maximum absolute atomic E-state index is 12.9. The van der Waals surface area contributed by atoms with E-state index in [-0.39, 0.29) is 31.2 Å². The average molecular weight is 395 g/mol. The predicted molar refractivity (Wildman–Crippen MR) is 90.2 cm³/mol. The summed E-state index contributed by atoms with van der Waals surface area (Å²) in [6, 6.07) is 4.79. The number of likely N-dealkylation sites (tertiary alicyclic amines) is 1. The van der Waals surface area contributed by atoms with Crippen molar-refractivity contribution in [2.24, 2.45) is 5.92 Å². The number of hydrogen-bond acceptors (Lipinski definition) is 3. The SMILES string of the molecule is CN1CCC(C(=O)N2Cc3cccc(Br)c3CC2C(=O)O)CC1=O.